The topological polar surface area (TPSA) is 79.7 Å². The molecule has 7 heteroatoms. The first kappa shape index (κ1) is 26.4. The zero-order valence-electron chi connectivity index (χ0n) is 22.2. The van der Waals surface area contributed by atoms with Crippen LogP contribution in [0.15, 0.2) is 84.1 Å². The van der Waals surface area contributed by atoms with Gasteiger partial charge in [-0.3, -0.25) is 14.5 Å². The number of carbonyl (C=O) groups is 2. The second kappa shape index (κ2) is 11.3. The van der Waals surface area contributed by atoms with Crippen LogP contribution in [0.25, 0.3) is 16.3 Å². The maximum atomic E-state index is 13.5. The smallest absolute Gasteiger partial charge is 0.296 e. The molecule has 1 aliphatic rings. The van der Waals surface area contributed by atoms with Crippen molar-refractivity contribution in [1.82, 2.24) is 4.98 Å². The van der Waals surface area contributed by atoms with Gasteiger partial charge >= 0.3 is 0 Å². The number of anilines is 1. The fraction of sp³-hybridized carbons (Fsp3) is 0.219. The Balaban J connectivity index is 1.57. The molecule has 0 saturated heterocycles. The van der Waals surface area contributed by atoms with Gasteiger partial charge in [0.1, 0.15) is 5.75 Å². The van der Waals surface area contributed by atoms with Crippen LogP contribution in [0.4, 0.5) is 5.13 Å². The maximum absolute atomic E-state index is 13.5. The molecule has 0 fully saturated rings. The number of rotatable bonds is 9. The Bertz CT molecular complexity index is 1590. The van der Waals surface area contributed by atoms with Crippen LogP contribution in [0, 0.1) is 13.8 Å². The predicted octanol–water partition coefficient (Wildman–Crippen LogP) is 7.27. The highest BCUT2D eigenvalue weighted by atomic mass is 32.1. The van der Waals surface area contributed by atoms with Crippen molar-refractivity contribution in [3.8, 4) is 5.75 Å². The van der Waals surface area contributed by atoms with E-state index in [0.717, 1.165) is 39.7 Å². The van der Waals surface area contributed by atoms with Gasteiger partial charge < -0.3 is 9.84 Å². The van der Waals surface area contributed by atoms with E-state index >= 15 is 0 Å². The molecule has 3 aromatic carbocycles. The van der Waals surface area contributed by atoms with Crippen molar-refractivity contribution in [1.29, 1.82) is 0 Å². The number of nitrogens with zero attached hydrogens (tertiary/aromatic N) is 2. The Morgan fingerprint density at radius 3 is 2.56 bits per heavy atom. The molecule has 39 heavy (non-hydrogen) atoms. The monoisotopic (exact) mass is 538 g/mol. The van der Waals surface area contributed by atoms with Crippen molar-refractivity contribution in [2.75, 3.05) is 11.5 Å². The number of aliphatic hydroxyl groups excluding tert-OH is 1. The minimum absolute atomic E-state index is 0.0268. The highest BCUT2D eigenvalue weighted by Gasteiger charge is 2.45. The number of unbranched alkanes of at least 4 members (excludes halogenated alkanes) is 1. The third kappa shape index (κ3) is 5.36. The van der Waals surface area contributed by atoms with Crippen molar-refractivity contribution in [3.05, 3.63) is 106 Å². The van der Waals surface area contributed by atoms with Gasteiger partial charge in [-0.05, 0) is 66.8 Å². The number of hydrogen-bond acceptors (Lipinski definition) is 6. The normalized spacial score (nSPS) is 15.6. The summed E-state index contributed by atoms with van der Waals surface area (Å²) in [5.74, 6) is -0.931. The minimum atomic E-state index is -0.836. The Kier molecular flexibility index (Phi) is 7.61. The molecule has 1 aromatic heterocycles. The number of benzene rings is 3. The van der Waals surface area contributed by atoms with Crippen molar-refractivity contribution in [2.45, 2.75) is 39.7 Å². The number of aliphatic hydroxyl groups is 1. The molecule has 5 rings (SSSR count). The third-order valence-electron chi connectivity index (χ3n) is 6.69. The number of ketones is 1. The summed E-state index contributed by atoms with van der Waals surface area (Å²) in [6.45, 7) is 6.72. The number of aromatic nitrogens is 1. The van der Waals surface area contributed by atoms with Crippen LogP contribution >= 0.6 is 11.3 Å². The zero-order valence-corrected chi connectivity index (χ0v) is 23.0. The van der Waals surface area contributed by atoms with Gasteiger partial charge in [0.25, 0.3) is 5.91 Å². The van der Waals surface area contributed by atoms with Crippen molar-refractivity contribution in [3.63, 3.8) is 0 Å². The van der Waals surface area contributed by atoms with E-state index < -0.39 is 23.5 Å². The molecule has 1 amide bonds. The number of allylic oxidation sites excluding steroid dienone is 1. The summed E-state index contributed by atoms with van der Waals surface area (Å²) in [7, 11) is 0. The molecular formula is C32H30N2O4S. The molecule has 0 bridgehead atoms. The van der Waals surface area contributed by atoms with E-state index in [2.05, 4.69) is 6.92 Å². The van der Waals surface area contributed by atoms with Crippen LogP contribution < -0.4 is 9.64 Å². The lowest BCUT2D eigenvalue weighted by Gasteiger charge is -2.24. The number of fused-ring (bicyclic) bond motifs is 1. The second-order valence-electron chi connectivity index (χ2n) is 9.64. The summed E-state index contributed by atoms with van der Waals surface area (Å²) in [6.07, 6.45) is 5.07. The lowest BCUT2D eigenvalue weighted by molar-refractivity contribution is -0.117. The summed E-state index contributed by atoms with van der Waals surface area (Å²) in [4.78, 5) is 33.3. The molecule has 198 valence electrons. The van der Waals surface area contributed by atoms with Gasteiger partial charge in [-0.2, -0.15) is 0 Å². The lowest BCUT2D eigenvalue weighted by Crippen LogP contribution is -2.30. The first-order chi connectivity index (χ1) is 18.9. The average molecular weight is 539 g/mol. The molecule has 0 radical (unpaired) electrons. The SMILES string of the molecule is CCCCOc1ccc(C2C(C(=O)/C=C/c3ccccc3)=C(O)C(=O)N2c2nc3c(C)cc(C)cc3s2)cc1. The van der Waals surface area contributed by atoms with E-state index in [4.69, 9.17) is 9.72 Å². The largest absolute Gasteiger partial charge is 0.503 e. The zero-order chi connectivity index (χ0) is 27.5. The summed E-state index contributed by atoms with van der Waals surface area (Å²) >= 11 is 1.37. The number of thiazole rings is 1. The number of ether oxygens (including phenoxy) is 1. The predicted molar refractivity (Wildman–Crippen MR) is 156 cm³/mol. The summed E-state index contributed by atoms with van der Waals surface area (Å²) in [5.41, 5.74) is 4.45. The molecule has 0 spiro atoms. The molecule has 4 aromatic rings. The van der Waals surface area contributed by atoms with E-state index in [1.807, 2.05) is 80.6 Å². The lowest BCUT2D eigenvalue weighted by atomic mass is 9.95. The van der Waals surface area contributed by atoms with Gasteiger partial charge in [0.05, 0.1) is 28.4 Å². The molecule has 1 N–H and O–H groups in total. The van der Waals surface area contributed by atoms with E-state index in [-0.39, 0.29) is 5.57 Å². The Labute approximate surface area is 231 Å². The van der Waals surface area contributed by atoms with Crippen LogP contribution in [-0.4, -0.2) is 28.4 Å². The van der Waals surface area contributed by atoms with Crippen LogP contribution in [0.2, 0.25) is 0 Å². The fourth-order valence-electron chi connectivity index (χ4n) is 4.74. The standard InChI is InChI=1S/C32H30N2O4S/c1-4-5-17-38-24-14-12-23(13-15-24)29-27(25(35)16-11-22-9-7-6-8-10-22)30(36)31(37)34(29)32-33-28-21(3)18-20(2)19-26(28)39-32/h6-16,18-19,29,36H,4-5,17H2,1-3H3/b16-11+. The highest BCUT2D eigenvalue weighted by Crippen LogP contribution is 2.44. The van der Waals surface area contributed by atoms with E-state index in [0.29, 0.717) is 23.1 Å². The maximum Gasteiger partial charge on any atom is 0.296 e. The van der Waals surface area contributed by atoms with Crippen LogP contribution in [0.1, 0.15) is 48.1 Å². The van der Waals surface area contributed by atoms with E-state index in [1.54, 1.807) is 6.08 Å². The summed E-state index contributed by atoms with van der Waals surface area (Å²) in [6, 6.07) is 20.0. The first-order valence-electron chi connectivity index (χ1n) is 13.0. The average Bonchev–Trinajstić information content (AvgIpc) is 3.47. The number of carbonyl (C=O) groups excluding carboxylic acids is 2. The van der Waals surface area contributed by atoms with Gasteiger partial charge in [0.15, 0.2) is 16.7 Å². The number of hydrogen-bond donors (Lipinski definition) is 1. The Hall–Kier alpha value is -4.23. The van der Waals surface area contributed by atoms with Crippen LogP contribution in [-0.2, 0) is 9.59 Å². The molecule has 2 heterocycles. The molecule has 1 unspecified atom stereocenters. The van der Waals surface area contributed by atoms with Crippen molar-refractivity contribution >= 4 is 44.5 Å². The van der Waals surface area contributed by atoms with Gasteiger partial charge in [-0.25, -0.2) is 4.98 Å². The molecule has 0 aliphatic carbocycles. The quantitative estimate of drug-likeness (QED) is 0.179. The molecule has 1 atom stereocenters. The fourth-order valence-corrected chi connectivity index (χ4v) is 5.91. The van der Waals surface area contributed by atoms with E-state index in [9.17, 15) is 14.7 Å². The van der Waals surface area contributed by atoms with Gasteiger partial charge in [0, 0.05) is 0 Å². The second-order valence-corrected chi connectivity index (χ2v) is 10.7. The summed E-state index contributed by atoms with van der Waals surface area (Å²) in [5, 5.41) is 11.5. The van der Waals surface area contributed by atoms with Gasteiger partial charge in [-0.15, -0.1) is 0 Å². The summed E-state index contributed by atoms with van der Waals surface area (Å²) < 4.78 is 6.76. The molecule has 6 nitrogen and oxygen atoms in total. The van der Waals surface area contributed by atoms with Crippen LogP contribution in [0.5, 0.6) is 5.75 Å². The van der Waals surface area contributed by atoms with Gasteiger partial charge in [-0.1, -0.05) is 79.3 Å². The van der Waals surface area contributed by atoms with Gasteiger partial charge in [0.2, 0.25) is 0 Å². The number of aryl methyl sites for hydroxylation is 2. The minimum Gasteiger partial charge on any atom is -0.503 e. The highest BCUT2D eigenvalue weighted by molar-refractivity contribution is 7.22. The van der Waals surface area contributed by atoms with E-state index in [1.165, 1.54) is 22.3 Å². The molecule has 0 saturated carbocycles. The van der Waals surface area contributed by atoms with Crippen LogP contribution in [0.3, 0.4) is 0 Å². The van der Waals surface area contributed by atoms with Crippen molar-refractivity contribution < 1.29 is 19.4 Å². The molecule has 1 aliphatic heterocycles. The van der Waals surface area contributed by atoms with Crippen molar-refractivity contribution in [2.24, 2.45) is 0 Å². The Morgan fingerprint density at radius 1 is 1.10 bits per heavy atom. The number of amides is 1. The first-order valence-corrected chi connectivity index (χ1v) is 13.8. The third-order valence-corrected chi connectivity index (χ3v) is 7.69. The Morgan fingerprint density at radius 2 is 1.85 bits per heavy atom. The molecular weight excluding hydrogens is 508 g/mol.